The van der Waals surface area contributed by atoms with Gasteiger partial charge in [0, 0.05) is 18.3 Å². The Balaban J connectivity index is 4.26. The summed E-state index contributed by atoms with van der Waals surface area (Å²) in [4.78, 5) is 23.9. The summed E-state index contributed by atoms with van der Waals surface area (Å²) in [6.07, 6.45) is 8.21. The van der Waals surface area contributed by atoms with Gasteiger partial charge in [-0.3, -0.25) is 9.59 Å². The van der Waals surface area contributed by atoms with E-state index >= 15 is 0 Å². The minimum atomic E-state index is -0.806. The summed E-state index contributed by atoms with van der Waals surface area (Å²) in [7, 11) is 0. The summed E-state index contributed by atoms with van der Waals surface area (Å²) in [6, 6.07) is 0. The quantitative estimate of drug-likeness (QED) is 0.274. The van der Waals surface area contributed by atoms with Crippen molar-refractivity contribution in [2.75, 3.05) is 0 Å². The van der Waals surface area contributed by atoms with Crippen molar-refractivity contribution in [3.05, 3.63) is 0 Å². The highest BCUT2D eigenvalue weighted by Crippen LogP contribution is 2.25. The van der Waals surface area contributed by atoms with Gasteiger partial charge in [-0.25, -0.2) is 0 Å². The minimum Gasteiger partial charge on any atom is -0.425 e. The van der Waals surface area contributed by atoms with Crippen molar-refractivity contribution >= 4 is 11.9 Å². The van der Waals surface area contributed by atoms with Crippen LogP contribution in [0.1, 0.15) is 98.8 Å². The third-order valence-corrected chi connectivity index (χ3v) is 3.65. The second-order valence-corrected chi connectivity index (χ2v) is 7.30. The average molecular weight is 328 g/mol. The maximum Gasteiger partial charge on any atom is 0.308 e. The highest BCUT2D eigenvalue weighted by atomic mass is 16.7. The van der Waals surface area contributed by atoms with Crippen LogP contribution in [0.3, 0.4) is 0 Å². The number of carbonyl (C=O) groups excluding carboxylic acids is 2. The maximum atomic E-state index is 11.9. The van der Waals surface area contributed by atoms with E-state index in [1.54, 1.807) is 0 Å². The van der Waals surface area contributed by atoms with E-state index in [1.807, 2.05) is 20.8 Å². The van der Waals surface area contributed by atoms with E-state index in [0.717, 1.165) is 51.4 Å². The molecule has 0 aromatic carbocycles. The Kier molecular flexibility index (Phi) is 11.8. The minimum absolute atomic E-state index is 0.278. The zero-order valence-corrected chi connectivity index (χ0v) is 15.8. The van der Waals surface area contributed by atoms with E-state index in [1.165, 1.54) is 0 Å². The molecule has 4 heteroatoms. The molecule has 23 heavy (non-hydrogen) atoms. The van der Waals surface area contributed by atoms with Crippen molar-refractivity contribution in [2.45, 2.75) is 105 Å². The molecule has 0 fully saturated rings. The first kappa shape index (κ1) is 21.9. The van der Waals surface area contributed by atoms with Crippen molar-refractivity contribution in [2.24, 2.45) is 5.41 Å². The molecule has 0 heterocycles. The topological polar surface area (TPSA) is 52.6 Å². The summed E-state index contributed by atoms with van der Waals surface area (Å²) in [5.74, 6) is -0.556. The van der Waals surface area contributed by atoms with Gasteiger partial charge in [-0.15, -0.1) is 0 Å². The smallest absolute Gasteiger partial charge is 0.308 e. The van der Waals surface area contributed by atoms with Crippen LogP contribution in [-0.2, 0) is 19.1 Å². The molecule has 0 atom stereocenters. The molecule has 0 aromatic heterocycles. The van der Waals surface area contributed by atoms with E-state index in [-0.39, 0.29) is 11.9 Å². The molecule has 0 aliphatic heterocycles. The van der Waals surface area contributed by atoms with Gasteiger partial charge in [0.2, 0.25) is 0 Å². The van der Waals surface area contributed by atoms with Crippen LogP contribution < -0.4 is 0 Å². The van der Waals surface area contributed by atoms with Gasteiger partial charge < -0.3 is 9.47 Å². The lowest BCUT2D eigenvalue weighted by atomic mass is 9.96. The summed E-state index contributed by atoms with van der Waals surface area (Å²) in [6.45, 7) is 9.99. The number of rotatable bonds is 12. The highest BCUT2D eigenvalue weighted by molar-refractivity contribution is 5.71. The molecule has 0 radical (unpaired) electrons. The Hall–Kier alpha value is -1.06. The van der Waals surface area contributed by atoms with Gasteiger partial charge in [-0.05, 0) is 12.8 Å². The standard InChI is InChI=1S/C19H36O4/c1-6-8-10-12-14-16(20)22-18(19(3,4)5)23-17(21)15-13-11-9-7-2/h18H,6-15H2,1-5H3. The summed E-state index contributed by atoms with van der Waals surface area (Å²) >= 11 is 0. The lowest BCUT2D eigenvalue weighted by Crippen LogP contribution is -2.36. The number of hydrogen-bond acceptors (Lipinski definition) is 4. The number of unbranched alkanes of at least 4 members (excludes halogenated alkanes) is 6. The van der Waals surface area contributed by atoms with Gasteiger partial charge in [0.05, 0.1) is 0 Å². The van der Waals surface area contributed by atoms with Gasteiger partial charge >= 0.3 is 11.9 Å². The maximum absolute atomic E-state index is 11.9. The van der Waals surface area contributed by atoms with Crippen LogP contribution in [0.2, 0.25) is 0 Å². The van der Waals surface area contributed by atoms with Gasteiger partial charge in [0.15, 0.2) is 0 Å². The van der Waals surface area contributed by atoms with Gasteiger partial charge in [-0.1, -0.05) is 73.1 Å². The molecule has 0 saturated heterocycles. The highest BCUT2D eigenvalue weighted by Gasteiger charge is 2.31. The fourth-order valence-electron chi connectivity index (χ4n) is 2.13. The third-order valence-electron chi connectivity index (χ3n) is 3.65. The first-order valence-corrected chi connectivity index (χ1v) is 9.20. The van der Waals surface area contributed by atoms with Crippen LogP contribution in [-0.4, -0.2) is 18.2 Å². The fraction of sp³-hybridized carbons (Fsp3) is 0.895. The molecule has 0 N–H and O–H groups in total. The molecule has 136 valence electrons. The van der Waals surface area contributed by atoms with Crippen molar-refractivity contribution in [3.63, 3.8) is 0 Å². The normalized spacial score (nSPS) is 11.6. The predicted molar refractivity (Wildman–Crippen MR) is 92.9 cm³/mol. The Labute approximate surface area is 142 Å². The summed E-state index contributed by atoms with van der Waals surface area (Å²) < 4.78 is 10.8. The SMILES string of the molecule is CCCCCCC(=O)OC(OC(=O)CCCCCC)C(C)(C)C. The Bertz CT molecular complexity index is 305. The molecule has 0 rings (SSSR count). The second kappa shape index (κ2) is 12.4. The van der Waals surface area contributed by atoms with Crippen LogP contribution in [0.4, 0.5) is 0 Å². The molecule has 0 unspecified atom stereocenters. The zero-order valence-electron chi connectivity index (χ0n) is 15.8. The summed E-state index contributed by atoms with van der Waals surface area (Å²) in [5, 5.41) is 0. The van der Waals surface area contributed by atoms with Crippen molar-refractivity contribution in [3.8, 4) is 0 Å². The van der Waals surface area contributed by atoms with Crippen molar-refractivity contribution in [1.82, 2.24) is 0 Å². The summed E-state index contributed by atoms with van der Waals surface area (Å²) in [5.41, 5.74) is -0.418. The van der Waals surface area contributed by atoms with E-state index in [0.29, 0.717) is 12.8 Å². The lowest BCUT2D eigenvalue weighted by molar-refractivity contribution is -0.207. The molecule has 0 amide bonds. The fourth-order valence-corrected chi connectivity index (χ4v) is 2.13. The predicted octanol–water partition coefficient (Wildman–Crippen LogP) is 5.39. The van der Waals surface area contributed by atoms with Crippen LogP contribution in [0.25, 0.3) is 0 Å². The lowest BCUT2D eigenvalue weighted by Gasteiger charge is -2.29. The molecule has 0 aliphatic carbocycles. The van der Waals surface area contributed by atoms with E-state index in [9.17, 15) is 9.59 Å². The van der Waals surface area contributed by atoms with Crippen LogP contribution >= 0.6 is 0 Å². The number of carbonyl (C=O) groups is 2. The van der Waals surface area contributed by atoms with Crippen LogP contribution in [0.5, 0.6) is 0 Å². The molecule has 0 aromatic rings. The third kappa shape index (κ3) is 12.1. The monoisotopic (exact) mass is 328 g/mol. The Morgan fingerprint density at radius 3 is 1.43 bits per heavy atom. The number of esters is 2. The first-order chi connectivity index (χ1) is 10.8. The Morgan fingerprint density at radius 2 is 1.13 bits per heavy atom. The van der Waals surface area contributed by atoms with E-state index in [2.05, 4.69) is 13.8 Å². The van der Waals surface area contributed by atoms with Gasteiger partial charge in [0.25, 0.3) is 6.29 Å². The Morgan fingerprint density at radius 1 is 0.739 bits per heavy atom. The second-order valence-electron chi connectivity index (χ2n) is 7.30. The molecular formula is C19H36O4. The molecule has 0 bridgehead atoms. The zero-order chi connectivity index (χ0) is 17.7. The molecule has 0 aliphatic rings. The molecular weight excluding hydrogens is 292 g/mol. The van der Waals surface area contributed by atoms with Gasteiger partial charge in [0.1, 0.15) is 0 Å². The van der Waals surface area contributed by atoms with Crippen molar-refractivity contribution in [1.29, 1.82) is 0 Å². The number of ether oxygens (including phenoxy) is 2. The van der Waals surface area contributed by atoms with Crippen LogP contribution in [0, 0.1) is 5.41 Å². The molecule has 0 saturated carbocycles. The van der Waals surface area contributed by atoms with Crippen LogP contribution in [0.15, 0.2) is 0 Å². The van der Waals surface area contributed by atoms with E-state index < -0.39 is 11.7 Å². The number of hydrogen-bond donors (Lipinski definition) is 0. The average Bonchev–Trinajstić information content (AvgIpc) is 2.46. The van der Waals surface area contributed by atoms with Crippen molar-refractivity contribution < 1.29 is 19.1 Å². The largest absolute Gasteiger partial charge is 0.425 e. The molecule has 0 spiro atoms. The van der Waals surface area contributed by atoms with Gasteiger partial charge in [-0.2, -0.15) is 0 Å². The first-order valence-electron chi connectivity index (χ1n) is 9.20. The van der Waals surface area contributed by atoms with E-state index in [4.69, 9.17) is 9.47 Å². The molecule has 4 nitrogen and oxygen atoms in total.